The van der Waals surface area contributed by atoms with Crippen molar-refractivity contribution in [2.75, 3.05) is 33.8 Å². The molecule has 0 bridgehead atoms. The van der Waals surface area contributed by atoms with Gasteiger partial charge in [-0.15, -0.1) is 0 Å². The lowest BCUT2D eigenvalue weighted by molar-refractivity contribution is -0.541. The van der Waals surface area contributed by atoms with Gasteiger partial charge in [0.15, 0.2) is 5.92 Å². The predicted molar refractivity (Wildman–Crippen MR) is 99.6 cm³/mol. The molecule has 1 atom stereocenters. The van der Waals surface area contributed by atoms with Gasteiger partial charge in [0, 0.05) is 38.7 Å². The van der Waals surface area contributed by atoms with Crippen LogP contribution in [0, 0.1) is 11.8 Å². The molecule has 1 unspecified atom stereocenters. The average molecular weight is 375 g/mol. The quantitative estimate of drug-likeness (QED) is 0.549. The van der Waals surface area contributed by atoms with E-state index in [4.69, 9.17) is 4.74 Å². The summed E-state index contributed by atoms with van der Waals surface area (Å²) in [6.07, 6.45) is 3.89. The van der Waals surface area contributed by atoms with Crippen molar-refractivity contribution >= 4 is 29.5 Å². The summed E-state index contributed by atoms with van der Waals surface area (Å²) in [6.45, 7) is 5.59. The monoisotopic (exact) mass is 375 g/mol. The number of hydrogen-bond acceptors (Lipinski definition) is 5. The number of rotatable bonds is 3. The number of fused-ring (bicyclic) bond motifs is 1. The zero-order valence-electron chi connectivity index (χ0n) is 16.4. The number of aliphatic imine (C=N–C) groups is 1. The van der Waals surface area contributed by atoms with Gasteiger partial charge in [-0.3, -0.25) is 19.4 Å². The van der Waals surface area contributed by atoms with Crippen molar-refractivity contribution in [3.05, 3.63) is 11.8 Å². The van der Waals surface area contributed by atoms with Crippen LogP contribution in [0.15, 0.2) is 16.8 Å². The molecule has 2 fully saturated rings. The number of carbonyl (C=O) groups is 3. The van der Waals surface area contributed by atoms with Gasteiger partial charge in [0.1, 0.15) is 18.9 Å². The molecule has 0 aliphatic carbocycles. The van der Waals surface area contributed by atoms with E-state index in [1.165, 1.54) is 11.9 Å². The number of carbonyl (C=O) groups excluding carboxylic acids is 3. The Morgan fingerprint density at radius 3 is 2.48 bits per heavy atom. The van der Waals surface area contributed by atoms with Crippen LogP contribution in [0.5, 0.6) is 0 Å². The molecule has 8 nitrogen and oxygen atoms in total. The van der Waals surface area contributed by atoms with Crippen molar-refractivity contribution in [2.45, 2.75) is 33.1 Å². The van der Waals surface area contributed by atoms with E-state index < -0.39 is 5.92 Å². The third-order valence-corrected chi connectivity index (χ3v) is 5.54. The highest BCUT2D eigenvalue weighted by atomic mass is 16.5. The van der Waals surface area contributed by atoms with E-state index in [1.807, 2.05) is 13.8 Å². The third-order valence-electron chi connectivity index (χ3n) is 5.54. The van der Waals surface area contributed by atoms with E-state index in [0.717, 1.165) is 22.6 Å². The summed E-state index contributed by atoms with van der Waals surface area (Å²) in [4.78, 5) is 44.2. The maximum atomic E-state index is 12.9. The van der Waals surface area contributed by atoms with E-state index in [1.54, 1.807) is 13.2 Å². The minimum Gasteiger partial charge on any atom is -0.466 e. The predicted octanol–water partition coefficient (Wildman–Crippen LogP) is 1.26. The van der Waals surface area contributed by atoms with Crippen LogP contribution in [0.1, 0.15) is 33.1 Å². The second-order valence-electron chi connectivity index (χ2n) is 7.07. The van der Waals surface area contributed by atoms with Crippen molar-refractivity contribution < 1.29 is 23.7 Å². The normalized spacial score (nSPS) is 25.9. The summed E-state index contributed by atoms with van der Waals surface area (Å²) in [7, 11) is 3.15. The highest BCUT2D eigenvalue weighted by molar-refractivity contribution is 6.32. The van der Waals surface area contributed by atoms with Crippen molar-refractivity contribution in [2.24, 2.45) is 16.8 Å². The first kappa shape index (κ1) is 19.3. The number of allylic oxidation sites excluding steroid dienone is 1. The first-order chi connectivity index (χ1) is 12.9. The Balaban J connectivity index is 1.94. The van der Waals surface area contributed by atoms with Crippen molar-refractivity contribution in [1.29, 1.82) is 0 Å². The van der Waals surface area contributed by atoms with Gasteiger partial charge in [-0.1, -0.05) is 6.92 Å². The van der Waals surface area contributed by atoms with Gasteiger partial charge in [-0.05, 0) is 13.3 Å². The van der Waals surface area contributed by atoms with Gasteiger partial charge in [0.2, 0.25) is 5.71 Å². The number of piperidine rings is 1. The zero-order chi connectivity index (χ0) is 19.7. The van der Waals surface area contributed by atoms with Crippen LogP contribution in [0.3, 0.4) is 0 Å². The number of esters is 1. The molecule has 0 aromatic carbocycles. The Morgan fingerprint density at radius 2 is 1.89 bits per heavy atom. The van der Waals surface area contributed by atoms with Gasteiger partial charge >= 0.3 is 12.0 Å². The minimum atomic E-state index is -0.572. The fraction of sp³-hybridized carbons (Fsp3) is 0.632. The summed E-state index contributed by atoms with van der Waals surface area (Å²) < 4.78 is 7.33. The maximum absolute atomic E-state index is 12.9. The number of imide groups is 1. The Bertz CT molecular complexity index is 758. The second-order valence-corrected chi connectivity index (χ2v) is 7.07. The molecule has 0 saturated carbocycles. The molecule has 27 heavy (non-hydrogen) atoms. The maximum Gasteiger partial charge on any atom is 0.331 e. The number of amides is 3. The van der Waals surface area contributed by atoms with Gasteiger partial charge in [0.25, 0.3) is 5.91 Å². The largest absolute Gasteiger partial charge is 0.466 e. The molecule has 2 saturated heterocycles. The Hall–Kier alpha value is -2.51. The first-order valence-electron chi connectivity index (χ1n) is 9.51. The molecule has 0 aromatic heterocycles. The van der Waals surface area contributed by atoms with E-state index in [9.17, 15) is 14.4 Å². The Morgan fingerprint density at radius 1 is 1.22 bits per heavy atom. The lowest BCUT2D eigenvalue weighted by atomic mass is 9.87. The molecule has 3 amide bonds. The smallest absolute Gasteiger partial charge is 0.331 e. The van der Waals surface area contributed by atoms with E-state index in [-0.39, 0.29) is 23.8 Å². The average Bonchev–Trinajstić information content (AvgIpc) is 2.69. The summed E-state index contributed by atoms with van der Waals surface area (Å²) in [5, 5.41) is 0. The van der Waals surface area contributed by atoms with Crippen LogP contribution in [-0.2, 0) is 14.3 Å². The molecular formula is C19H27N4O4+. The summed E-state index contributed by atoms with van der Waals surface area (Å²) in [5.41, 5.74) is 1.92. The number of nitrogens with zero attached hydrogens (tertiary/aromatic N) is 4. The van der Waals surface area contributed by atoms with Crippen molar-refractivity contribution in [1.82, 2.24) is 9.80 Å². The molecule has 0 spiro atoms. The fourth-order valence-corrected chi connectivity index (χ4v) is 3.99. The topological polar surface area (TPSA) is 82.3 Å². The second kappa shape index (κ2) is 7.62. The molecule has 8 heteroatoms. The molecular weight excluding hydrogens is 348 g/mol. The zero-order valence-corrected chi connectivity index (χ0v) is 16.4. The lowest BCUT2D eigenvalue weighted by Crippen LogP contribution is -2.61. The minimum absolute atomic E-state index is 0.0958. The number of hydrogen-bond donors (Lipinski definition) is 0. The molecule has 3 aliphatic heterocycles. The third kappa shape index (κ3) is 3.28. The Labute approximate surface area is 159 Å². The molecule has 3 rings (SSSR count). The fourth-order valence-electron chi connectivity index (χ4n) is 3.99. The highest BCUT2D eigenvalue weighted by Crippen LogP contribution is 2.28. The number of ether oxygens (including phenoxy) is 1. The molecule has 3 heterocycles. The van der Waals surface area contributed by atoms with Gasteiger partial charge < -0.3 is 4.74 Å². The van der Waals surface area contributed by atoms with Crippen LogP contribution in [-0.4, -0.2) is 77.6 Å². The SMILES string of the molecule is CCOC(=O)C1CC[N+](=C2C(CC)=CN=C3C2C(=O)N(C)C(=O)N3C)CC1. The standard InChI is InChI=1S/C19H27N4O4/c1-5-12-11-20-16-14(17(24)22(4)19(26)21(16)3)15(12)23-9-7-13(8-10-23)18(25)27-6-2/h11,13-14H,5-10H2,1-4H3/q+1. The lowest BCUT2D eigenvalue weighted by Gasteiger charge is -2.37. The van der Waals surface area contributed by atoms with Crippen LogP contribution in [0.25, 0.3) is 0 Å². The number of amidine groups is 1. The van der Waals surface area contributed by atoms with E-state index in [2.05, 4.69) is 9.57 Å². The molecule has 3 aliphatic rings. The molecule has 0 N–H and O–H groups in total. The van der Waals surface area contributed by atoms with E-state index in [0.29, 0.717) is 38.4 Å². The van der Waals surface area contributed by atoms with Crippen LogP contribution < -0.4 is 0 Å². The van der Waals surface area contributed by atoms with Gasteiger partial charge in [-0.2, -0.15) is 0 Å². The highest BCUT2D eigenvalue weighted by Gasteiger charge is 2.49. The number of urea groups is 1. The van der Waals surface area contributed by atoms with Crippen molar-refractivity contribution in [3.8, 4) is 0 Å². The summed E-state index contributed by atoms with van der Waals surface area (Å²) in [6, 6.07) is -0.372. The molecule has 0 radical (unpaired) electrons. The molecule has 0 aromatic rings. The summed E-state index contributed by atoms with van der Waals surface area (Å²) in [5.74, 6) is -0.585. The molecule has 146 valence electrons. The first-order valence-corrected chi connectivity index (χ1v) is 9.51. The van der Waals surface area contributed by atoms with Gasteiger partial charge in [0.05, 0.1) is 12.5 Å². The Kier molecular flexibility index (Phi) is 5.43. The summed E-state index contributed by atoms with van der Waals surface area (Å²) >= 11 is 0. The van der Waals surface area contributed by atoms with Crippen LogP contribution in [0.4, 0.5) is 4.79 Å². The van der Waals surface area contributed by atoms with Crippen LogP contribution >= 0.6 is 0 Å². The van der Waals surface area contributed by atoms with E-state index >= 15 is 0 Å². The van der Waals surface area contributed by atoms with Crippen molar-refractivity contribution in [3.63, 3.8) is 0 Å². The van der Waals surface area contributed by atoms with Crippen LogP contribution in [0.2, 0.25) is 0 Å². The van der Waals surface area contributed by atoms with Gasteiger partial charge in [-0.25, -0.2) is 14.4 Å².